The first kappa shape index (κ1) is 5.61. The largest absolute Gasteiger partial charge is 0.0475 e. The van der Waals surface area contributed by atoms with Crippen LogP contribution in [-0.4, -0.2) is 0 Å². The molecule has 0 radical (unpaired) electrons. The molecule has 5 aliphatic carbocycles. The maximum absolute atomic E-state index is 1.64. The molecule has 2 spiro atoms. The first-order valence-electron chi connectivity index (χ1n) is 5.32. The zero-order valence-electron chi connectivity index (χ0n) is 7.10. The summed E-state index contributed by atoms with van der Waals surface area (Å²) in [5.41, 5.74) is 1.89. The van der Waals surface area contributed by atoms with E-state index in [1.165, 1.54) is 11.8 Å². The fourth-order valence-corrected chi connectivity index (χ4v) is 5.43. The number of rotatable bonds is 0. The third-order valence-corrected chi connectivity index (χ3v) is 5.59. The molecule has 4 bridgehead atoms. The molecule has 60 valence electrons. The van der Waals surface area contributed by atoms with E-state index in [1.54, 1.807) is 44.9 Å². The van der Waals surface area contributed by atoms with Crippen LogP contribution in [0, 0.1) is 22.7 Å². The lowest BCUT2D eigenvalue weighted by atomic mass is 9.53. The highest BCUT2D eigenvalue weighted by Crippen LogP contribution is 2.80. The van der Waals surface area contributed by atoms with E-state index in [0.29, 0.717) is 0 Å². The second kappa shape index (κ2) is 1.30. The van der Waals surface area contributed by atoms with Gasteiger partial charge in [-0.1, -0.05) is 0 Å². The summed E-state index contributed by atoms with van der Waals surface area (Å²) < 4.78 is 0. The highest BCUT2D eigenvalue weighted by Gasteiger charge is 2.70. The van der Waals surface area contributed by atoms with Crippen LogP contribution in [0.1, 0.15) is 44.9 Å². The topological polar surface area (TPSA) is 0 Å². The van der Waals surface area contributed by atoms with Crippen LogP contribution in [-0.2, 0) is 0 Å². The van der Waals surface area contributed by atoms with Crippen LogP contribution in [0.5, 0.6) is 0 Å². The summed E-state index contributed by atoms with van der Waals surface area (Å²) in [6.07, 6.45) is 11.4. The predicted octanol–water partition coefficient (Wildman–Crippen LogP) is 2.98. The minimum absolute atomic E-state index is 0.945. The summed E-state index contributed by atoms with van der Waals surface area (Å²) >= 11 is 0. The summed E-state index contributed by atoms with van der Waals surface area (Å²) in [7, 11) is 0. The van der Waals surface area contributed by atoms with E-state index in [2.05, 4.69) is 0 Å². The molecule has 0 aromatic carbocycles. The van der Waals surface area contributed by atoms with Gasteiger partial charge in [0, 0.05) is 0 Å². The lowest BCUT2D eigenvalue weighted by molar-refractivity contribution is -0.0164. The first-order valence-corrected chi connectivity index (χ1v) is 5.32. The highest BCUT2D eigenvalue weighted by molar-refractivity contribution is 5.20. The van der Waals surface area contributed by atoms with Gasteiger partial charge in [-0.3, -0.25) is 0 Å². The molecule has 0 unspecified atom stereocenters. The number of hydrogen-bond acceptors (Lipinski definition) is 0. The van der Waals surface area contributed by atoms with Crippen molar-refractivity contribution in [2.75, 3.05) is 0 Å². The quantitative estimate of drug-likeness (QED) is 0.495. The van der Waals surface area contributed by atoms with E-state index in [9.17, 15) is 0 Å². The van der Waals surface area contributed by atoms with Crippen molar-refractivity contribution in [2.45, 2.75) is 44.9 Å². The summed E-state index contributed by atoms with van der Waals surface area (Å²) in [6, 6.07) is 0. The average molecular weight is 148 g/mol. The van der Waals surface area contributed by atoms with E-state index in [-0.39, 0.29) is 0 Å². The Kier molecular flexibility index (Phi) is 0.661. The van der Waals surface area contributed by atoms with Crippen molar-refractivity contribution in [1.29, 1.82) is 0 Å². The molecule has 0 aromatic rings. The smallest absolute Gasteiger partial charge is 0.0235 e. The molecule has 0 heteroatoms. The SMILES string of the molecule is C1C2CC34CCC3(C2)CC1C4. The zero-order valence-corrected chi connectivity index (χ0v) is 7.10. The lowest BCUT2D eigenvalue weighted by Crippen LogP contribution is -2.42. The van der Waals surface area contributed by atoms with Crippen LogP contribution < -0.4 is 0 Å². The third-order valence-electron chi connectivity index (χ3n) is 5.59. The van der Waals surface area contributed by atoms with Crippen LogP contribution in [0.3, 0.4) is 0 Å². The fraction of sp³-hybridized carbons (Fsp3) is 1.00. The molecule has 5 fully saturated rings. The van der Waals surface area contributed by atoms with Crippen molar-refractivity contribution in [3.63, 3.8) is 0 Å². The second-order valence-corrected chi connectivity index (χ2v) is 5.84. The van der Waals surface area contributed by atoms with Gasteiger partial charge >= 0.3 is 0 Å². The second-order valence-electron chi connectivity index (χ2n) is 5.84. The minimum Gasteiger partial charge on any atom is -0.0475 e. The Morgan fingerprint density at radius 3 is 1.55 bits per heavy atom. The van der Waals surface area contributed by atoms with Crippen molar-refractivity contribution >= 4 is 0 Å². The molecule has 5 saturated carbocycles. The van der Waals surface area contributed by atoms with Gasteiger partial charge in [-0.25, -0.2) is 0 Å². The maximum Gasteiger partial charge on any atom is -0.0235 e. The van der Waals surface area contributed by atoms with E-state index in [4.69, 9.17) is 0 Å². The normalized spacial score (nSPS) is 69.8. The van der Waals surface area contributed by atoms with Gasteiger partial charge in [0.1, 0.15) is 0 Å². The summed E-state index contributed by atoms with van der Waals surface area (Å²) in [5, 5.41) is 0. The highest BCUT2D eigenvalue weighted by atomic mass is 14.7. The summed E-state index contributed by atoms with van der Waals surface area (Å²) in [4.78, 5) is 0. The molecule has 5 aliphatic rings. The van der Waals surface area contributed by atoms with Gasteiger partial charge in [0.05, 0.1) is 0 Å². The molecule has 0 nitrogen and oxygen atoms in total. The van der Waals surface area contributed by atoms with Crippen LogP contribution >= 0.6 is 0 Å². The molecule has 0 aliphatic heterocycles. The van der Waals surface area contributed by atoms with E-state index < -0.39 is 0 Å². The summed E-state index contributed by atoms with van der Waals surface area (Å²) in [5.74, 6) is 2.37. The van der Waals surface area contributed by atoms with E-state index in [0.717, 1.165) is 10.8 Å². The molecule has 0 aromatic heterocycles. The average Bonchev–Trinajstić information content (AvgIpc) is 2.19. The Hall–Kier alpha value is 0. The molecule has 5 rings (SSSR count). The van der Waals surface area contributed by atoms with Crippen LogP contribution in [0.15, 0.2) is 0 Å². The molecule has 0 saturated heterocycles. The fourth-order valence-electron chi connectivity index (χ4n) is 5.43. The third kappa shape index (κ3) is 0.400. The lowest BCUT2D eigenvalue weighted by Gasteiger charge is -2.51. The van der Waals surface area contributed by atoms with Crippen molar-refractivity contribution in [2.24, 2.45) is 22.7 Å². The predicted molar refractivity (Wildman–Crippen MR) is 44.2 cm³/mol. The van der Waals surface area contributed by atoms with Crippen LogP contribution in [0.4, 0.5) is 0 Å². The van der Waals surface area contributed by atoms with Crippen LogP contribution in [0.25, 0.3) is 0 Å². The first-order chi connectivity index (χ1) is 5.32. The van der Waals surface area contributed by atoms with Gasteiger partial charge in [-0.15, -0.1) is 0 Å². The van der Waals surface area contributed by atoms with Crippen molar-refractivity contribution in [3.05, 3.63) is 0 Å². The minimum atomic E-state index is 0.945. The Morgan fingerprint density at radius 2 is 1.18 bits per heavy atom. The molecule has 0 atom stereocenters. The van der Waals surface area contributed by atoms with Crippen molar-refractivity contribution < 1.29 is 0 Å². The molecular weight excluding hydrogens is 132 g/mol. The standard InChI is InChI=1S/C11H16/c1-2-11-6-8-3-9(7-11)5-10(1,11)4-8/h8-9H,1-7H2. The Bertz CT molecular complexity index is 192. The van der Waals surface area contributed by atoms with Gasteiger partial charge in [0.2, 0.25) is 0 Å². The molecule has 0 heterocycles. The van der Waals surface area contributed by atoms with Gasteiger partial charge in [-0.05, 0) is 67.6 Å². The van der Waals surface area contributed by atoms with Crippen molar-refractivity contribution in [1.82, 2.24) is 0 Å². The van der Waals surface area contributed by atoms with Gasteiger partial charge < -0.3 is 0 Å². The van der Waals surface area contributed by atoms with Crippen LogP contribution in [0.2, 0.25) is 0 Å². The summed E-state index contributed by atoms with van der Waals surface area (Å²) in [6.45, 7) is 0. The number of hydrogen-bond donors (Lipinski definition) is 0. The Balaban J connectivity index is 1.93. The van der Waals surface area contributed by atoms with E-state index in [1.807, 2.05) is 0 Å². The van der Waals surface area contributed by atoms with Gasteiger partial charge in [-0.2, -0.15) is 0 Å². The Labute approximate surface area is 68.4 Å². The van der Waals surface area contributed by atoms with E-state index >= 15 is 0 Å². The maximum atomic E-state index is 1.64. The molecule has 0 N–H and O–H groups in total. The van der Waals surface area contributed by atoms with Gasteiger partial charge in [0.25, 0.3) is 0 Å². The molecule has 0 amide bonds. The zero-order chi connectivity index (χ0) is 7.10. The Morgan fingerprint density at radius 1 is 0.727 bits per heavy atom. The molecule has 11 heavy (non-hydrogen) atoms. The molecular formula is C11H16. The van der Waals surface area contributed by atoms with Gasteiger partial charge in [0.15, 0.2) is 0 Å². The monoisotopic (exact) mass is 148 g/mol. The van der Waals surface area contributed by atoms with Crippen molar-refractivity contribution in [3.8, 4) is 0 Å².